The first-order valence-corrected chi connectivity index (χ1v) is 12.8. The highest BCUT2D eigenvalue weighted by Gasteiger charge is 2.36. The van der Waals surface area contributed by atoms with Gasteiger partial charge in [-0.3, -0.25) is 24.1 Å². The molecule has 1 aliphatic heterocycles. The minimum atomic E-state index is -0.560. The number of carbonyl (C=O) groups is 4. The van der Waals surface area contributed by atoms with Gasteiger partial charge in [0.05, 0.1) is 4.91 Å². The molecule has 0 atom stereocenters. The molecule has 39 heavy (non-hydrogen) atoms. The number of para-hydroxylation sites is 1. The number of benzene rings is 3. The standard InChI is InChI=1S/C29H23FN4O4S/c1-18-5-4-6-22(13-18)32-27(36)17-34-28(37)25(39-29(34)38)14-19-15-33(24-8-3-2-7-23(19)24)16-26(35)31-21-11-9-20(30)10-12-21/h2-15H,16-17H2,1H3,(H,31,35)(H,32,36)/b25-14-. The average molecular weight is 543 g/mol. The van der Waals surface area contributed by atoms with Crippen LogP contribution in [0.3, 0.4) is 0 Å². The van der Waals surface area contributed by atoms with E-state index in [1.807, 2.05) is 37.3 Å². The average Bonchev–Trinajstić information content (AvgIpc) is 3.37. The third kappa shape index (κ3) is 5.91. The summed E-state index contributed by atoms with van der Waals surface area (Å²) < 4.78 is 14.9. The fourth-order valence-electron chi connectivity index (χ4n) is 4.25. The van der Waals surface area contributed by atoms with Crippen LogP contribution < -0.4 is 10.6 Å². The van der Waals surface area contributed by atoms with Crippen LogP contribution in [0.1, 0.15) is 11.1 Å². The quantitative estimate of drug-likeness (QED) is 0.305. The number of rotatable bonds is 7. The molecule has 196 valence electrons. The van der Waals surface area contributed by atoms with E-state index in [9.17, 15) is 23.6 Å². The van der Waals surface area contributed by atoms with Crippen LogP contribution in [-0.2, 0) is 20.9 Å². The Morgan fingerprint density at radius 1 is 0.897 bits per heavy atom. The van der Waals surface area contributed by atoms with Crippen molar-refractivity contribution >= 4 is 63.1 Å². The summed E-state index contributed by atoms with van der Waals surface area (Å²) >= 11 is 0.761. The van der Waals surface area contributed by atoms with E-state index in [4.69, 9.17) is 0 Å². The fraction of sp³-hybridized carbons (Fsp3) is 0.103. The lowest BCUT2D eigenvalue weighted by atomic mass is 10.1. The van der Waals surface area contributed by atoms with Crippen LogP contribution in [0.2, 0.25) is 0 Å². The molecule has 10 heteroatoms. The van der Waals surface area contributed by atoms with Crippen LogP contribution in [0, 0.1) is 12.7 Å². The van der Waals surface area contributed by atoms with E-state index >= 15 is 0 Å². The summed E-state index contributed by atoms with van der Waals surface area (Å²) in [6, 6.07) is 20.1. The molecule has 2 heterocycles. The lowest BCUT2D eigenvalue weighted by molar-refractivity contribution is -0.127. The van der Waals surface area contributed by atoms with Gasteiger partial charge in [-0.1, -0.05) is 30.3 Å². The van der Waals surface area contributed by atoms with Crippen LogP contribution >= 0.6 is 11.8 Å². The first kappa shape index (κ1) is 25.9. The lowest BCUT2D eigenvalue weighted by Gasteiger charge is -2.12. The summed E-state index contributed by atoms with van der Waals surface area (Å²) in [6.07, 6.45) is 3.33. The summed E-state index contributed by atoms with van der Waals surface area (Å²) in [5, 5.41) is 5.69. The second-order valence-corrected chi connectivity index (χ2v) is 9.96. The molecule has 0 unspecified atom stereocenters. The maximum absolute atomic E-state index is 13.2. The largest absolute Gasteiger partial charge is 0.337 e. The Kier molecular flexibility index (Phi) is 7.29. The molecule has 1 saturated heterocycles. The van der Waals surface area contributed by atoms with Crippen LogP contribution in [0.5, 0.6) is 0 Å². The van der Waals surface area contributed by atoms with Gasteiger partial charge in [0.25, 0.3) is 11.1 Å². The van der Waals surface area contributed by atoms with E-state index in [2.05, 4.69) is 10.6 Å². The van der Waals surface area contributed by atoms with E-state index in [0.29, 0.717) is 16.9 Å². The molecule has 8 nitrogen and oxygen atoms in total. The summed E-state index contributed by atoms with van der Waals surface area (Å²) in [5.41, 5.74) is 3.43. The summed E-state index contributed by atoms with van der Waals surface area (Å²) in [4.78, 5) is 51.9. The molecule has 2 N–H and O–H groups in total. The number of fused-ring (bicyclic) bond motifs is 1. The highest BCUT2D eigenvalue weighted by Crippen LogP contribution is 2.34. The minimum Gasteiger partial charge on any atom is -0.337 e. The lowest BCUT2D eigenvalue weighted by Crippen LogP contribution is -2.36. The molecule has 3 aromatic carbocycles. The van der Waals surface area contributed by atoms with Crippen LogP contribution in [-0.4, -0.2) is 39.0 Å². The van der Waals surface area contributed by atoms with Gasteiger partial charge >= 0.3 is 0 Å². The van der Waals surface area contributed by atoms with Crippen molar-refractivity contribution in [1.29, 1.82) is 0 Å². The second kappa shape index (κ2) is 11.0. The van der Waals surface area contributed by atoms with E-state index in [0.717, 1.165) is 33.1 Å². The molecule has 4 aromatic rings. The summed E-state index contributed by atoms with van der Waals surface area (Å²) in [7, 11) is 0. The van der Waals surface area contributed by atoms with Crippen molar-refractivity contribution in [2.45, 2.75) is 13.5 Å². The molecule has 4 amide bonds. The van der Waals surface area contributed by atoms with Crippen molar-refractivity contribution < 1.29 is 23.6 Å². The van der Waals surface area contributed by atoms with Gasteiger partial charge in [-0.05, 0) is 72.8 Å². The van der Waals surface area contributed by atoms with E-state index in [1.165, 1.54) is 24.3 Å². The summed E-state index contributed by atoms with van der Waals surface area (Å²) in [6.45, 7) is 1.47. The highest BCUT2D eigenvalue weighted by molar-refractivity contribution is 8.18. The minimum absolute atomic E-state index is 0.0215. The zero-order chi connectivity index (χ0) is 27.5. The molecular formula is C29H23FN4O4S. The maximum Gasteiger partial charge on any atom is 0.294 e. The van der Waals surface area contributed by atoms with Gasteiger partial charge in [0.1, 0.15) is 18.9 Å². The molecule has 5 rings (SSSR count). The Bertz CT molecular complexity index is 1640. The Morgan fingerprint density at radius 3 is 2.38 bits per heavy atom. The summed E-state index contributed by atoms with van der Waals surface area (Å²) in [5.74, 6) is -1.75. The molecule has 1 fully saturated rings. The van der Waals surface area contributed by atoms with Crippen LogP contribution in [0.4, 0.5) is 20.6 Å². The zero-order valence-electron chi connectivity index (χ0n) is 20.8. The third-order valence-corrected chi connectivity index (χ3v) is 6.93. The number of hydrogen-bond donors (Lipinski definition) is 2. The third-order valence-electron chi connectivity index (χ3n) is 6.03. The maximum atomic E-state index is 13.2. The van der Waals surface area contributed by atoms with Gasteiger partial charge < -0.3 is 15.2 Å². The number of amides is 4. The van der Waals surface area contributed by atoms with Crippen molar-refractivity contribution in [3.05, 3.63) is 101 Å². The first-order valence-electron chi connectivity index (χ1n) is 12.0. The molecule has 0 radical (unpaired) electrons. The van der Waals surface area contributed by atoms with Crippen molar-refractivity contribution in [3.8, 4) is 0 Å². The topological polar surface area (TPSA) is 101 Å². The predicted octanol–water partition coefficient (Wildman–Crippen LogP) is 5.40. The number of aromatic nitrogens is 1. The van der Waals surface area contributed by atoms with Gasteiger partial charge in [-0.25, -0.2) is 4.39 Å². The zero-order valence-corrected chi connectivity index (χ0v) is 21.6. The van der Waals surface area contributed by atoms with Crippen molar-refractivity contribution in [1.82, 2.24) is 9.47 Å². The van der Waals surface area contributed by atoms with Gasteiger partial charge in [0, 0.05) is 34.0 Å². The van der Waals surface area contributed by atoms with Gasteiger partial charge in [-0.2, -0.15) is 0 Å². The SMILES string of the molecule is Cc1cccc(NC(=O)CN2C(=O)S/C(=C\c3cn(CC(=O)Nc4ccc(F)cc4)c4ccccc34)C2=O)c1. The predicted molar refractivity (Wildman–Crippen MR) is 149 cm³/mol. The molecule has 1 aliphatic rings. The van der Waals surface area contributed by atoms with Crippen LogP contribution in [0.25, 0.3) is 17.0 Å². The number of nitrogens with one attached hydrogen (secondary N) is 2. The number of halogens is 1. The van der Waals surface area contributed by atoms with Gasteiger partial charge in [-0.15, -0.1) is 0 Å². The fourth-order valence-corrected chi connectivity index (χ4v) is 5.08. The number of carbonyl (C=O) groups excluding carboxylic acids is 4. The second-order valence-electron chi connectivity index (χ2n) is 8.97. The van der Waals surface area contributed by atoms with Crippen molar-refractivity contribution in [2.75, 3.05) is 17.2 Å². The molecular weight excluding hydrogens is 519 g/mol. The Morgan fingerprint density at radius 2 is 1.62 bits per heavy atom. The number of hydrogen-bond acceptors (Lipinski definition) is 5. The Hall–Kier alpha value is -4.70. The van der Waals surface area contributed by atoms with Crippen molar-refractivity contribution in [3.63, 3.8) is 0 Å². The number of anilines is 2. The number of nitrogens with zero attached hydrogens (tertiary/aromatic N) is 2. The number of thioether (sulfide) groups is 1. The first-order chi connectivity index (χ1) is 18.8. The Balaban J connectivity index is 1.33. The van der Waals surface area contributed by atoms with E-state index in [1.54, 1.807) is 35.0 Å². The normalized spacial score (nSPS) is 14.3. The molecule has 1 aromatic heterocycles. The van der Waals surface area contributed by atoms with E-state index in [-0.39, 0.29) is 17.4 Å². The van der Waals surface area contributed by atoms with E-state index < -0.39 is 29.4 Å². The number of imide groups is 1. The van der Waals surface area contributed by atoms with Crippen molar-refractivity contribution in [2.24, 2.45) is 0 Å². The molecule has 0 spiro atoms. The molecule has 0 saturated carbocycles. The molecule has 0 aliphatic carbocycles. The number of aryl methyl sites for hydroxylation is 1. The Labute approximate surface area is 227 Å². The monoisotopic (exact) mass is 542 g/mol. The van der Waals surface area contributed by atoms with Gasteiger partial charge in [0.15, 0.2) is 0 Å². The van der Waals surface area contributed by atoms with Gasteiger partial charge in [0.2, 0.25) is 11.8 Å². The highest BCUT2D eigenvalue weighted by atomic mass is 32.2. The van der Waals surface area contributed by atoms with Crippen LogP contribution in [0.15, 0.2) is 83.9 Å². The smallest absolute Gasteiger partial charge is 0.294 e. The molecule has 0 bridgehead atoms.